The summed E-state index contributed by atoms with van der Waals surface area (Å²) in [5.41, 5.74) is 5.02. The smallest absolute Gasteiger partial charge is 0.278 e. The monoisotopic (exact) mass is 457 g/mol. The molecule has 1 heterocycles. The van der Waals surface area contributed by atoms with Gasteiger partial charge in [0.1, 0.15) is 11.5 Å². The average Bonchev–Trinajstić information content (AvgIpc) is 3.02. The highest BCUT2D eigenvalue weighted by molar-refractivity contribution is 6.36. The molecule has 3 amide bonds. The predicted octanol–water partition coefficient (Wildman–Crippen LogP) is 4.79. The summed E-state index contributed by atoms with van der Waals surface area (Å²) in [6.07, 6.45) is 0. The molecule has 0 fully saturated rings. The van der Waals surface area contributed by atoms with Crippen molar-refractivity contribution in [3.63, 3.8) is 0 Å². The summed E-state index contributed by atoms with van der Waals surface area (Å²) in [5.74, 6) is -1.46. The molecule has 0 bridgehead atoms. The van der Waals surface area contributed by atoms with Crippen molar-refractivity contribution in [1.82, 2.24) is 4.90 Å². The van der Waals surface area contributed by atoms with Crippen LogP contribution in [-0.2, 0) is 20.9 Å². The van der Waals surface area contributed by atoms with E-state index in [-0.39, 0.29) is 29.5 Å². The predicted molar refractivity (Wildman–Crippen MR) is 129 cm³/mol. The fourth-order valence-electron chi connectivity index (χ4n) is 3.76. The number of benzene rings is 3. The van der Waals surface area contributed by atoms with E-state index >= 15 is 0 Å². The summed E-state index contributed by atoms with van der Waals surface area (Å²) in [6, 6.07) is 18.2. The third kappa shape index (κ3) is 4.73. The number of aryl methyl sites for hydroxylation is 2. The molecule has 4 rings (SSSR count). The molecule has 0 aromatic heterocycles. The molecule has 0 saturated heterocycles. The van der Waals surface area contributed by atoms with Crippen molar-refractivity contribution in [2.75, 3.05) is 10.6 Å². The van der Waals surface area contributed by atoms with E-state index in [2.05, 4.69) is 10.6 Å². The zero-order chi connectivity index (χ0) is 24.4. The van der Waals surface area contributed by atoms with Gasteiger partial charge < -0.3 is 10.6 Å². The molecular formula is C27H24FN3O3. The maximum absolute atomic E-state index is 13.4. The van der Waals surface area contributed by atoms with E-state index in [1.54, 1.807) is 36.4 Å². The van der Waals surface area contributed by atoms with Crippen LogP contribution in [0.4, 0.5) is 15.8 Å². The Balaban J connectivity index is 1.71. The topological polar surface area (TPSA) is 78.5 Å². The third-order valence-electron chi connectivity index (χ3n) is 5.69. The van der Waals surface area contributed by atoms with Gasteiger partial charge >= 0.3 is 0 Å². The highest BCUT2D eigenvalue weighted by Gasteiger charge is 2.39. The Morgan fingerprint density at radius 2 is 1.50 bits per heavy atom. The zero-order valence-electron chi connectivity index (χ0n) is 19.1. The molecule has 3 aromatic carbocycles. The number of nitrogens with zero attached hydrogens (tertiary/aromatic N) is 1. The number of carbonyl (C=O) groups excluding carboxylic acids is 3. The Kier molecular flexibility index (Phi) is 6.27. The summed E-state index contributed by atoms with van der Waals surface area (Å²) < 4.78 is 13.3. The first-order chi connectivity index (χ1) is 16.2. The number of amides is 3. The van der Waals surface area contributed by atoms with E-state index in [0.29, 0.717) is 22.5 Å². The van der Waals surface area contributed by atoms with Crippen LogP contribution < -0.4 is 10.6 Å². The minimum Gasteiger partial charge on any atom is -0.350 e. The standard InChI is InChI=1S/C27H24FN3O3/c1-16-4-7-20(14-17(16)2)24-25(30-23-12-10-22(11-13-23)29-18(3)32)27(34)31(26(24)33)15-19-5-8-21(28)9-6-19/h4-14,30H,15H2,1-3H3,(H,29,32). The molecule has 2 N–H and O–H groups in total. The third-order valence-corrected chi connectivity index (χ3v) is 5.69. The van der Waals surface area contributed by atoms with Crippen molar-refractivity contribution in [1.29, 1.82) is 0 Å². The van der Waals surface area contributed by atoms with Crippen molar-refractivity contribution >= 4 is 34.7 Å². The van der Waals surface area contributed by atoms with Crippen molar-refractivity contribution in [3.8, 4) is 0 Å². The van der Waals surface area contributed by atoms with E-state index in [1.807, 2.05) is 32.0 Å². The Bertz CT molecular complexity index is 1310. The normalized spacial score (nSPS) is 13.5. The number of nitrogens with one attached hydrogen (secondary N) is 2. The number of hydrogen-bond acceptors (Lipinski definition) is 4. The largest absolute Gasteiger partial charge is 0.350 e. The van der Waals surface area contributed by atoms with Crippen molar-refractivity contribution in [3.05, 3.63) is 100 Å². The summed E-state index contributed by atoms with van der Waals surface area (Å²) in [5, 5.41) is 5.80. The van der Waals surface area contributed by atoms with Crippen LogP contribution in [0, 0.1) is 19.7 Å². The minimum absolute atomic E-state index is 0.0267. The summed E-state index contributed by atoms with van der Waals surface area (Å²) in [6.45, 7) is 5.38. The molecule has 1 aliphatic heterocycles. The van der Waals surface area contributed by atoms with Crippen LogP contribution in [0.1, 0.15) is 29.2 Å². The summed E-state index contributed by atoms with van der Waals surface area (Å²) in [7, 11) is 0. The van der Waals surface area contributed by atoms with E-state index in [0.717, 1.165) is 16.0 Å². The Morgan fingerprint density at radius 1 is 0.853 bits per heavy atom. The molecule has 0 atom stereocenters. The van der Waals surface area contributed by atoms with Gasteiger partial charge in [-0.1, -0.05) is 30.3 Å². The molecule has 6 nitrogen and oxygen atoms in total. The minimum atomic E-state index is -0.464. The second-order valence-corrected chi connectivity index (χ2v) is 8.26. The van der Waals surface area contributed by atoms with Gasteiger partial charge in [-0.2, -0.15) is 0 Å². The highest BCUT2D eigenvalue weighted by Crippen LogP contribution is 2.32. The molecule has 172 valence electrons. The van der Waals surface area contributed by atoms with Crippen LogP contribution in [0.5, 0.6) is 0 Å². The van der Waals surface area contributed by atoms with Crippen LogP contribution in [-0.4, -0.2) is 22.6 Å². The van der Waals surface area contributed by atoms with Crippen LogP contribution in [0.15, 0.2) is 72.4 Å². The van der Waals surface area contributed by atoms with Crippen LogP contribution >= 0.6 is 0 Å². The molecule has 3 aromatic rings. The zero-order valence-corrected chi connectivity index (χ0v) is 19.1. The van der Waals surface area contributed by atoms with Gasteiger partial charge in [-0.3, -0.25) is 19.3 Å². The molecule has 0 spiro atoms. The highest BCUT2D eigenvalue weighted by atomic mass is 19.1. The summed E-state index contributed by atoms with van der Waals surface area (Å²) >= 11 is 0. The average molecular weight is 458 g/mol. The maximum atomic E-state index is 13.4. The van der Waals surface area contributed by atoms with Gasteiger partial charge in [-0.15, -0.1) is 0 Å². The first-order valence-corrected chi connectivity index (χ1v) is 10.8. The van der Waals surface area contributed by atoms with Crippen LogP contribution in [0.3, 0.4) is 0 Å². The number of anilines is 2. The lowest BCUT2D eigenvalue weighted by Crippen LogP contribution is -2.32. The van der Waals surface area contributed by atoms with Gasteiger partial charge in [-0.05, 0) is 72.5 Å². The molecule has 7 heteroatoms. The number of rotatable bonds is 6. The lowest BCUT2D eigenvalue weighted by atomic mass is 9.99. The van der Waals surface area contributed by atoms with Gasteiger partial charge in [-0.25, -0.2) is 4.39 Å². The van der Waals surface area contributed by atoms with E-state index < -0.39 is 11.8 Å². The molecule has 0 radical (unpaired) electrons. The van der Waals surface area contributed by atoms with Crippen molar-refractivity contribution in [2.45, 2.75) is 27.3 Å². The molecule has 1 aliphatic rings. The fourth-order valence-corrected chi connectivity index (χ4v) is 3.76. The number of halogens is 1. The Morgan fingerprint density at radius 3 is 2.12 bits per heavy atom. The lowest BCUT2D eigenvalue weighted by Gasteiger charge is -2.15. The fraction of sp³-hybridized carbons (Fsp3) is 0.148. The first-order valence-electron chi connectivity index (χ1n) is 10.8. The molecule has 0 unspecified atom stereocenters. The SMILES string of the molecule is CC(=O)Nc1ccc(NC2=C(c3ccc(C)c(C)c3)C(=O)N(Cc3ccc(F)cc3)C2=O)cc1. The Labute approximate surface area is 197 Å². The van der Waals surface area contributed by atoms with E-state index in [9.17, 15) is 18.8 Å². The van der Waals surface area contributed by atoms with Gasteiger partial charge in [0, 0.05) is 18.3 Å². The molecule has 0 aliphatic carbocycles. The summed E-state index contributed by atoms with van der Waals surface area (Å²) in [4.78, 5) is 39.3. The van der Waals surface area contributed by atoms with Crippen LogP contribution in [0.2, 0.25) is 0 Å². The molecule has 0 saturated carbocycles. The number of imide groups is 1. The quantitative estimate of drug-likeness (QED) is 0.522. The van der Waals surface area contributed by atoms with E-state index in [4.69, 9.17) is 0 Å². The number of carbonyl (C=O) groups is 3. The van der Waals surface area contributed by atoms with Crippen LogP contribution in [0.25, 0.3) is 5.57 Å². The lowest BCUT2D eigenvalue weighted by molar-refractivity contribution is -0.137. The second-order valence-electron chi connectivity index (χ2n) is 8.26. The Hall–Kier alpha value is -4.26. The maximum Gasteiger partial charge on any atom is 0.278 e. The number of hydrogen-bond donors (Lipinski definition) is 2. The van der Waals surface area contributed by atoms with Gasteiger partial charge in [0.15, 0.2) is 0 Å². The molecular weight excluding hydrogens is 433 g/mol. The van der Waals surface area contributed by atoms with E-state index in [1.165, 1.54) is 19.1 Å². The molecule has 34 heavy (non-hydrogen) atoms. The van der Waals surface area contributed by atoms with Gasteiger partial charge in [0.05, 0.1) is 12.1 Å². The van der Waals surface area contributed by atoms with Crippen molar-refractivity contribution in [2.24, 2.45) is 0 Å². The first kappa shape index (κ1) is 22.9. The second kappa shape index (κ2) is 9.31. The van der Waals surface area contributed by atoms with Gasteiger partial charge in [0.25, 0.3) is 11.8 Å². The van der Waals surface area contributed by atoms with Crippen molar-refractivity contribution < 1.29 is 18.8 Å². The van der Waals surface area contributed by atoms with Gasteiger partial charge in [0.2, 0.25) is 5.91 Å².